The van der Waals surface area contributed by atoms with Crippen molar-refractivity contribution in [3.63, 3.8) is 0 Å². The second-order valence-electron chi connectivity index (χ2n) is 3.74. The van der Waals surface area contributed by atoms with Crippen molar-refractivity contribution in [1.82, 2.24) is 0 Å². The first-order chi connectivity index (χ1) is 3.92. The van der Waals surface area contributed by atoms with E-state index in [4.69, 9.17) is 0 Å². The van der Waals surface area contributed by atoms with E-state index in [2.05, 4.69) is 40.3 Å². The molecule has 0 N–H and O–H groups in total. The van der Waals surface area contributed by atoms with E-state index >= 15 is 0 Å². The van der Waals surface area contributed by atoms with Gasteiger partial charge in [-0.1, -0.05) is 27.7 Å². The summed E-state index contributed by atoms with van der Waals surface area (Å²) in [6.07, 6.45) is 2.50. The van der Waals surface area contributed by atoms with Crippen LogP contribution in [0.2, 0.25) is 0 Å². The Kier molecular flexibility index (Phi) is 3.64. The molecular weight excluding hydrogens is 128 g/mol. The van der Waals surface area contributed by atoms with Crippen LogP contribution >= 0.6 is 12.6 Å². The minimum absolute atomic E-state index is 0.226. The van der Waals surface area contributed by atoms with E-state index in [1.54, 1.807) is 0 Å². The maximum Gasteiger partial charge on any atom is 0.00732 e. The highest BCUT2D eigenvalue weighted by Crippen LogP contribution is 2.21. The van der Waals surface area contributed by atoms with Gasteiger partial charge < -0.3 is 0 Å². The van der Waals surface area contributed by atoms with Gasteiger partial charge in [0.05, 0.1) is 0 Å². The van der Waals surface area contributed by atoms with Crippen LogP contribution in [0.5, 0.6) is 0 Å². The minimum atomic E-state index is 0.226. The first kappa shape index (κ1) is 9.35. The molecule has 0 aromatic rings. The monoisotopic (exact) mass is 146 g/mol. The molecule has 0 bridgehead atoms. The van der Waals surface area contributed by atoms with Gasteiger partial charge in [-0.05, 0) is 18.8 Å². The van der Waals surface area contributed by atoms with Crippen molar-refractivity contribution in [2.45, 2.75) is 45.3 Å². The van der Waals surface area contributed by atoms with Crippen molar-refractivity contribution in [3.8, 4) is 0 Å². The molecule has 0 spiro atoms. The van der Waals surface area contributed by atoms with E-state index < -0.39 is 0 Å². The fraction of sp³-hybridized carbons (Fsp3) is 1.00. The number of hydrogen-bond donors (Lipinski definition) is 1. The largest absolute Gasteiger partial charge is 0.173 e. The number of hydrogen-bond acceptors (Lipinski definition) is 1. The Hall–Kier alpha value is 0.350. The summed E-state index contributed by atoms with van der Waals surface area (Å²) in [4.78, 5) is 0. The van der Waals surface area contributed by atoms with Gasteiger partial charge in [0.15, 0.2) is 0 Å². The van der Waals surface area contributed by atoms with Crippen LogP contribution in [0, 0.1) is 5.92 Å². The standard InChI is InChI=1S/C8H18S/c1-7(2)5-6-8(3,4)9/h7,9H,5-6H2,1-4H3. The van der Waals surface area contributed by atoms with Crippen LogP contribution in [0.1, 0.15) is 40.5 Å². The van der Waals surface area contributed by atoms with E-state index in [1.807, 2.05) is 0 Å². The normalized spacial score (nSPS) is 12.7. The highest BCUT2D eigenvalue weighted by Gasteiger charge is 2.10. The summed E-state index contributed by atoms with van der Waals surface area (Å²) in [5.41, 5.74) is 0. The van der Waals surface area contributed by atoms with E-state index in [1.165, 1.54) is 12.8 Å². The molecule has 0 heterocycles. The topological polar surface area (TPSA) is 0 Å². The summed E-state index contributed by atoms with van der Waals surface area (Å²) in [7, 11) is 0. The van der Waals surface area contributed by atoms with Gasteiger partial charge in [0.25, 0.3) is 0 Å². The molecule has 0 rings (SSSR count). The van der Waals surface area contributed by atoms with Crippen molar-refractivity contribution in [2.24, 2.45) is 5.92 Å². The summed E-state index contributed by atoms with van der Waals surface area (Å²) < 4.78 is 0.226. The molecule has 0 unspecified atom stereocenters. The molecule has 1 heteroatoms. The van der Waals surface area contributed by atoms with E-state index in [9.17, 15) is 0 Å². The molecule has 0 amide bonds. The lowest BCUT2D eigenvalue weighted by atomic mass is 10.0. The third-order valence-electron chi connectivity index (χ3n) is 1.33. The zero-order valence-corrected chi connectivity index (χ0v) is 7.83. The molecule has 0 aliphatic rings. The number of rotatable bonds is 3. The lowest BCUT2D eigenvalue weighted by Gasteiger charge is -2.17. The van der Waals surface area contributed by atoms with Crippen molar-refractivity contribution in [2.75, 3.05) is 0 Å². The van der Waals surface area contributed by atoms with Crippen LogP contribution in [0.3, 0.4) is 0 Å². The molecule has 9 heavy (non-hydrogen) atoms. The van der Waals surface area contributed by atoms with Gasteiger partial charge in [-0.2, -0.15) is 12.6 Å². The Morgan fingerprint density at radius 2 is 1.78 bits per heavy atom. The van der Waals surface area contributed by atoms with Crippen LogP contribution in [-0.2, 0) is 0 Å². The Bertz CT molecular complexity index is 69.1. The third-order valence-corrected chi connectivity index (χ3v) is 1.56. The second kappa shape index (κ2) is 3.50. The highest BCUT2D eigenvalue weighted by molar-refractivity contribution is 7.81. The predicted molar refractivity (Wildman–Crippen MR) is 47.1 cm³/mol. The Morgan fingerprint density at radius 1 is 1.33 bits per heavy atom. The van der Waals surface area contributed by atoms with Gasteiger partial charge in [0.2, 0.25) is 0 Å². The Labute approximate surface area is 64.4 Å². The van der Waals surface area contributed by atoms with Gasteiger partial charge in [0, 0.05) is 4.75 Å². The fourth-order valence-electron chi connectivity index (χ4n) is 0.642. The number of thiol groups is 1. The molecule has 56 valence electrons. The quantitative estimate of drug-likeness (QED) is 0.581. The first-order valence-electron chi connectivity index (χ1n) is 3.64. The van der Waals surface area contributed by atoms with E-state index in [-0.39, 0.29) is 4.75 Å². The summed E-state index contributed by atoms with van der Waals surface area (Å²) in [6, 6.07) is 0. The molecule has 0 saturated carbocycles. The Balaban J connectivity index is 3.28. The molecule has 0 saturated heterocycles. The van der Waals surface area contributed by atoms with E-state index in [0.29, 0.717) is 0 Å². The maximum atomic E-state index is 4.43. The molecule has 0 aliphatic heterocycles. The molecule has 0 radical (unpaired) electrons. The van der Waals surface area contributed by atoms with Gasteiger partial charge in [-0.15, -0.1) is 0 Å². The maximum absolute atomic E-state index is 4.43. The zero-order chi connectivity index (χ0) is 7.49. The third kappa shape index (κ3) is 8.35. The van der Waals surface area contributed by atoms with E-state index in [0.717, 1.165) is 5.92 Å². The summed E-state index contributed by atoms with van der Waals surface area (Å²) in [6.45, 7) is 8.83. The van der Waals surface area contributed by atoms with Crippen LogP contribution in [-0.4, -0.2) is 4.75 Å². The molecule has 0 fully saturated rings. The average Bonchev–Trinajstić information content (AvgIpc) is 1.59. The summed E-state index contributed by atoms with van der Waals surface area (Å²) >= 11 is 4.43. The predicted octanol–water partition coefficient (Wildman–Crippen LogP) is 3.13. The van der Waals surface area contributed by atoms with Crippen LogP contribution < -0.4 is 0 Å². The summed E-state index contributed by atoms with van der Waals surface area (Å²) in [5.74, 6) is 0.816. The summed E-state index contributed by atoms with van der Waals surface area (Å²) in [5, 5.41) is 0. The van der Waals surface area contributed by atoms with Crippen LogP contribution in [0.4, 0.5) is 0 Å². The highest BCUT2D eigenvalue weighted by atomic mass is 32.1. The van der Waals surface area contributed by atoms with Crippen molar-refractivity contribution in [3.05, 3.63) is 0 Å². The second-order valence-corrected chi connectivity index (χ2v) is 4.96. The first-order valence-corrected chi connectivity index (χ1v) is 4.09. The van der Waals surface area contributed by atoms with Crippen LogP contribution in [0.15, 0.2) is 0 Å². The van der Waals surface area contributed by atoms with Gasteiger partial charge >= 0.3 is 0 Å². The van der Waals surface area contributed by atoms with Gasteiger partial charge in [-0.3, -0.25) is 0 Å². The smallest absolute Gasteiger partial charge is 0.00732 e. The molecular formula is C8H18S. The minimum Gasteiger partial charge on any atom is -0.173 e. The lowest BCUT2D eigenvalue weighted by molar-refractivity contribution is 0.504. The SMILES string of the molecule is CC(C)CCC(C)(C)S. The lowest BCUT2D eigenvalue weighted by Crippen LogP contribution is -2.10. The zero-order valence-electron chi connectivity index (χ0n) is 6.94. The van der Waals surface area contributed by atoms with Gasteiger partial charge in [-0.25, -0.2) is 0 Å². The van der Waals surface area contributed by atoms with Gasteiger partial charge in [0.1, 0.15) is 0 Å². The molecule has 0 atom stereocenters. The molecule has 0 nitrogen and oxygen atoms in total. The molecule has 0 aromatic carbocycles. The Morgan fingerprint density at radius 3 is 1.89 bits per heavy atom. The van der Waals surface area contributed by atoms with Crippen LogP contribution in [0.25, 0.3) is 0 Å². The van der Waals surface area contributed by atoms with Crippen molar-refractivity contribution < 1.29 is 0 Å². The average molecular weight is 146 g/mol. The fourth-order valence-corrected chi connectivity index (χ4v) is 0.771. The molecule has 0 aliphatic carbocycles. The molecule has 0 aromatic heterocycles. The van der Waals surface area contributed by atoms with Crippen molar-refractivity contribution >= 4 is 12.6 Å². The van der Waals surface area contributed by atoms with Crippen molar-refractivity contribution in [1.29, 1.82) is 0 Å².